The third-order valence-corrected chi connectivity index (χ3v) is 28.2. The van der Waals surface area contributed by atoms with Crippen molar-refractivity contribution in [3.63, 3.8) is 0 Å². The Balaban J connectivity index is 0.000000242. The number of hydrogen-bond acceptors (Lipinski definition) is 12. The molecular formula is C118H160O12. The number of ether oxygens (including phenoxy) is 6. The zero-order chi connectivity index (χ0) is 96.3. The average Bonchev–Trinajstić information content (AvgIpc) is 0.740. The van der Waals surface area contributed by atoms with Gasteiger partial charge in [0.05, 0.1) is 32.5 Å². The highest BCUT2D eigenvalue weighted by atomic mass is 16.6. The molecule has 9 aromatic rings. The smallest absolute Gasteiger partial charge is 0.312 e. The van der Waals surface area contributed by atoms with Crippen LogP contribution in [0.3, 0.4) is 0 Å². The van der Waals surface area contributed by atoms with Gasteiger partial charge in [0.1, 0.15) is 16.8 Å². The second-order valence-corrected chi connectivity index (χ2v) is 40.0. The van der Waals surface area contributed by atoms with Crippen molar-refractivity contribution in [3.05, 3.63) is 323 Å². The minimum absolute atomic E-state index is 0.0769. The summed E-state index contributed by atoms with van der Waals surface area (Å²) < 4.78 is 36.5. The quantitative estimate of drug-likeness (QED) is 0.0291. The standard InChI is InChI=1S/C25H32O2.C21H26O2.C20H30O2.C20H24O2.C17H26O2.C15H22O2/c1-4-24(2,3)23(26)27-25(20-14-8-5-9-15-20,21-16-10-6-11-17-21)22-18-12-7-13-19-22;1-5-20(3,4)19(22)23-21(6-2,17-13-9-7-10-14-17)18-15-11-8-12-16-18;2*1-5-19(2,3)18(21)22-20(4,16-12-8-6-9-13-16)17-14-10-7-11-15-17;1-6-16(4,5)15(18)19-17(7-2,8-3)14-12-10-9-11-13-14;1-6-14(2,3)13(16)17-15(4,5)12-10-8-7-9-11-12/h5-6,8-11,14-17,22H,4,7,12-13,18-19H2,1-3H3;7-16H,5-6H2,1-4H3;6,8-9,12-13,17H,5,7,10-11,14-15H2,1-4H3;6-15H,5H2,1-4H3;9-13H,6-8H2,1-5H3;7-11H,6H2,1-5H3. The minimum atomic E-state index is -0.786. The molecule has 0 aliphatic heterocycles. The van der Waals surface area contributed by atoms with E-state index in [1.165, 1.54) is 38.5 Å². The van der Waals surface area contributed by atoms with E-state index < -0.39 is 66.1 Å². The molecule has 2 aliphatic rings. The normalized spacial score (nSPS) is 14.2. The van der Waals surface area contributed by atoms with Crippen molar-refractivity contribution in [2.24, 2.45) is 44.3 Å². The van der Waals surface area contributed by atoms with Gasteiger partial charge < -0.3 is 28.4 Å². The second-order valence-electron chi connectivity index (χ2n) is 40.0. The van der Waals surface area contributed by atoms with Crippen molar-refractivity contribution in [1.82, 2.24) is 0 Å². The van der Waals surface area contributed by atoms with Crippen molar-refractivity contribution in [2.75, 3.05) is 0 Å². The van der Waals surface area contributed by atoms with E-state index in [1.54, 1.807) is 0 Å². The molecule has 0 radical (unpaired) electrons. The summed E-state index contributed by atoms with van der Waals surface area (Å²) in [7, 11) is 0. The molecule has 0 saturated heterocycles. The van der Waals surface area contributed by atoms with Crippen LogP contribution in [0.1, 0.15) is 345 Å². The maximum Gasteiger partial charge on any atom is 0.312 e. The topological polar surface area (TPSA) is 158 Å². The van der Waals surface area contributed by atoms with Gasteiger partial charge in [0.25, 0.3) is 0 Å². The first-order chi connectivity index (χ1) is 61.5. The first kappa shape index (κ1) is 109. The molecule has 0 N–H and O–H groups in total. The summed E-state index contributed by atoms with van der Waals surface area (Å²) in [6.45, 7) is 49.6. The van der Waals surface area contributed by atoms with Gasteiger partial charge in [-0.2, -0.15) is 0 Å². The largest absolute Gasteiger partial charge is 0.454 e. The molecule has 12 heteroatoms. The monoisotopic (exact) mass is 1770 g/mol. The molecule has 11 rings (SSSR count). The van der Waals surface area contributed by atoms with Gasteiger partial charge in [0, 0.05) is 34.1 Å². The minimum Gasteiger partial charge on any atom is -0.454 e. The average molecular weight is 1770 g/mol. The number of carbonyl (C=O) groups is 6. The van der Waals surface area contributed by atoms with Gasteiger partial charge in [-0.1, -0.05) is 374 Å². The Kier molecular flexibility index (Phi) is 41.2. The van der Waals surface area contributed by atoms with Crippen LogP contribution >= 0.6 is 0 Å². The number of esters is 6. The molecule has 9 aromatic carbocycles. The zero-order valence-corrected chi connectivity index (χ0v) is 84.0. The van der Waals surface area contributed by atoms with Crippen molar-refractivity contribution in [1.29, 1.82) is 0 Å². The van der Waals surface area contributed by atoms with Crippen LogP contribution in [0.4, 0.5) is 0 Å². The van der Waals surface area contributed by atoms with Gasteiger partial charge in [-0.25, -0.2) is 0 Å². The molecule has 0 heterocycles. The summed E-state index contributed by atoms with van der Waals surface area (Å²) in [5.74, 6) is -0.0562. The van der Waals surface area contributed by atoms with Crippen molar-refractivity contribution in [2.45, 2.75) is 329 Å². The van der Waals surface area contributed by atoms with Gasteiger partial charge in [0.15, 0.2) is 16.8 Å². The van der Waals surface area contributed by atoms with Crippen molar-refractivity contribution < 1.29 is 57.2 Å². The van der Waals surface area contributed by atoms with E-state index in [-0.39, 0.29) is 35.8 Å². The highest BCUT2D eigenvalue weighted by molar-refractivity contribution is 5.80. The highest BCUT2D eigenvalue weighted by Crippen LogP contribution is 2.50. The van der Waals surface area contributed by atoms with Crippen LogP contribution in [-0.4, -0.2) is 35.8 Å². The fourth-order valence-electron chi connectivity index (χ4n) is 15.8. The van der Waals surface area contributed by atoms with E-state index in [0.29, 0.717) is 18.3 Å². The second kappa shape index (κ2) is 49.3. The summed E-state index contributed by atoms with van der Waals surface area (Å²) in [6, 6.07) is 90.7. The zero-order valence-electron chi connectivity index (χ0n) is 84.0. The molecule has 130 heavy (non-hydrogen) atoms. The third kappa shape index (κ3) is 28.7. The molecule has 2 saturated carbocycles. The van der Waals surface area contributed by atoms with Crippen LogP contribution in [-0.2, 0) is 90.8 Å². The van der Waals surface area contributed by atoms with Gasteiger partial charge in [-0.05, 0) is 222 Å². The van der Waals surface area contributed by atoms with Gasteiger partial charge in [0.2, 0.25) is 0 Å². The molecule has 2 aliphatic carbocycles. The maximum absolute atomic E-state index is 13.3. The number of benzene rings is 9. The van der Waals surface area contributed by atoms with Crippen LogP contribution in [0.5, 0.6) is 0 Å². The molecule has 2 fully saturated rings. The fraction of sp³-hybridized carbons (Fsp3) is 0.492. The molecule has 0 bridgehead atoms. The van der Waals surface area contributed by atoms with Crippen LogP contribution in [0.25, 0.3) is 0 Å². The maximum atomic E-state index is 13.3. The van der Waals surface area contributed by atoms with Crippen LogP contribution in [0.15, 0.2) is 273 Å². The van der Waals surface area contributed by atoms with E-state index in [1.807, 2.05) is 351 Å². The predicted octanol–water partition coefficient (Wildman–Crippen LogP) is 30.8. The Hall–Kier alpha value is -10.2. The van der Waals surface area contributed by atoms with E-state index in [2.05, 4.69) is 95.3 Å². The van der Waals surface area contributed by atoms with Gasteiger partial charge in [-0.3, -0.25) is 28.8 Å². The predicted molar refractivity (Wildman–Crippen MR) is 533 cm³/mol. The molecule has 12 nitrogen and oxygen atoms in total. The first-order valence-electron chi connectivity index (χ1n) is 48.4. The molecule has 0 spiro atoms. The molecule has 0 amide bonds. The summed E-state index contributed by atoms with van der Waals surface area (Å²) in [5, 5.41) is 0. The van der Waals surface area contributed by atoms with Crippen LogP contribution < -0.4 is 0 Å². The SMILES string of the molecule is CCC(C)(C)C(=O)OC(C)(C)c1ccccc1.CCC(C)(C)C(=O)OC(C)(c1ccccc1)C1CCCCC1.CCC(C)(C)C(=O)OC(C)(c1ccccc1)c1ccccc1.CCC(C)(C)C(=O)OC(CC)(CC)c1ccccc1.CCC(C)(C)C(=O)OC(CC)(c1ccccc1)c1ccccc1.CCC(C)(C)C(=O)OC(c1ccccc1)(c1ccccc1)C1CCCCC1. The summed E-state index contributed by atoms with van der Waals surface area (Å²) in [4.78, 5) is 75.9. The van der Waals surface area contributed by atoms with Gasteiger partial charge in [-0.15, -0.1) is 0 Å². The van der Waals surface area contributed by atoms with Crippen LogP contribution in [0.2, 0.25) is 0 Å². The Labute approximate surface area is 784 Å². The third-order valence-electron chi connectivity index (χ3n) is 28.2. The molecule has 1 unspecified atom stereocenters. The van der Waals surface area contributed by atoms with E-state index in [4.69, 9.17) is 28.4 Å². The lowest BCUT2D eigenvalue weighted by Crippen LogP contribution is -2.45. The first-order valence-corrected chi connectivity index (χ1v) is 48.4. The lowest BCUT2D eigenvalue weighted by molar-refractivity contribution is -0.178. The van der Waals surface area contributed by atoms with Crippen molar-refractivity contribution >= 4 is 35.8 Å². The van der Waals surface area contributed by atoms with Gasteiger partial charge >= 0.3 is 35.8 Å². The van der Waals surface area contributed by atoms with Crippen molar-refractivity contribution in [3.8, 4) is 0 Å². The van der Waals surface area contributed by atoms with E-state index >= 15 is 0 Å². The molecule has 704 valence electrons. The summed E-state index contributed by atoms with van der Waals surface area (Å²) in [6.07, 6.45) is 18.8. The lowest BCUT2D eigenvalue weighted by Gasteiger charge is -2.44. The Bertz CT molecular complexity index is 4690. The Morgan fingerprint density at radius 3 is 0.762 bits per heavy atom. The highest BCUT2D eigenvalue weighted by Gasteiger charge is 2.50. The number of rotatable bonds is 32. The van der Waals surface area contributed by atoms with E-state index in [0.717, 1.165) is 127 Å². The molecule has 1 atom stereocenters. The number of hydrogen-bond donors (Lipinski definition) is 0. The lowest BCUT2D eigenvalue weighted by atomic mass is 9.69. The number of carbonyl (C=O) groups excluding carboxylic acids is 6. The Morgan fingerprint density at radius 1 is 0.223 bits per heavy atom. The molecular weight excluding hydrogens is 1610 g/mol. The fourth-order valence-corrected chi connectivity index (χ4v) is 15.8. The van der Waals surface area contributed by atoms with Crippen LogP contribution in [0, 0.1) is 44.3 Å². The summed E-state index contributed by atoms with van der Waals surface area (Å²) in [5.41, 5.74) is 2.77. The summed E-state index contributed by atoms with van der Waals surface area (Å²) >= 11 is 0. The van der Waals surface area contributed by atoms with E-state index in [9.17, 15) is 28.8 Å². The molecule has 0 aromatic heterocycles. The Morgan fingerprint density at radius 2 is 0.462 bits per heavy atom.